The van der Waals surface area contributed by atoms with Gasteiger partial charge in [-0.25, -0.2) is 0 Å². The van der Waals surface area contributed by atoms with Gasteiger partial charge in [-0.1, -0.05) is 0 Å². The number of piperazine rings is 1. The lowest BCUT2D eigenvalue weighted by Crippen LogP contribution is -2.44. The molecule has 1 heterocycles. The summed E-state index contributed by atoms with van der Waals surface area (Å²) in [7, 11) is 1.48. The van der Waals surface area contributed by atoms with E-state index in [0.29, 0.717) is 6.42 Å². The molecule has 0 bridgehead atoms. The van der Waals surface area contributed by atoms with Crippen LogP contribution in [0.1, 0.15) is 19.3 Å². The van der Waals surface area contributed by atoms with Crippen LogP contribution in [-0.4, -0.2) is 62.2 Å². The van der Waals surface area contributed by atoms with Gasteiger partial charge in [0.2, 0.25) is 0 Å². The summed E-state index contributed by atoms with van der Waals surface area (Å²) in [5.41, 5.74) is 0.279. The van der Waals surface area contributed by atoms with Gasteiger partial charge in [-0.3, -0.25) is 9.69 Å². The smallest absolute Gasteiger partial charge is 0.306 e. The number of methoxy groups -OCH3 is 1. The Morgan fingerprint density at radius 3 is 2.72 bits per heavy atom. The van der Waals surface area contributed by atoms with Gasteiger partial charge in [0.15, 0.2) is 0 Å². The third kappa shape index (κ3) is 4.44. The van der Waals surface area contributed by atoms with Gasteiger partial charge >= 0.3 is 5.97 Å². The third-order valence-corrected chi connectivity index (χ3v) is 5.16. The highest BCUT2D eigenvalue weighted by molar-refractivity contribution is 7.99. The van der Waals surface area contributed by atoms with Crippen molar-refractivity contribution in [2.75, 3.05) is 51.3 Å². The van der Waals surface area contributed by atoms with Crippen LogP contribution >= 0.6 is 11.8 Å². The van der Waals surface area contributed by atoms with Gasteiger partial charge in [0.1, 0.15) is 0 Å². The summed E-state index contributed by atoms with van der Waals surface area (Å²) >= 11 is 2.00. The number of thioether (sulfide) groups is 1. The Morgan fingerprint density at radius 2 is 2.11 bits per heavy atom. The van der Waals surface area contributed by atoms with Crippen LogP contribution < -0.4 is 5.32 Å². The molecule has 104 valence electrons. The zero-order chi connectivity index (χ0) is 12.8. The first-order valence-corrected chi connectivity index (χ1v) is 7.97. The van der Waals surface area contributed by atoms with Gasteiger partial charge in [0, 0.05) is 38.5 Å². The van der Waals surface area contributed by atoms with E-state index in [4.69, 9.17) is 4.74 Å². The van der Waals surface area contributed by atoms with E-state index in [2.05, 4.69) is 10.2 Å². The van der Waals surface area contributed by atoms with E-state index in [-0.39, 0.29) is 11.4 Å². The van der Waals surface area contributed by atoms with Crippen molar-refractivity contribution in [1.82, 2.24) is 10.2 Å². The molecule has 4 nitrogen and oxygen atoms in total. The van der Waals surface area contributed by atoms with Gasteiger partial charge in [-0.05, 0) is 24.0 Å². The van der Waals surface area contributed by atoms with E-state index in [1.54, 1.807) is 0 Å². The van der Waals surface area contributed by atoms with Crippen LogP contribution in [0.2, 0.25) is 0 Å². The fourth-order valence-corrected chi connectivity index (χ4v) is 3.70. The van der Waals surface area contributed by atoms with Crippen LogP contribution in [0.25, 0.3) is 0 Å². The Hall–Kier alpha value is -0.260. The molecular formula is C13H24N2O2S. The molecule has 0 aromatic rings. The molecule has 0 unspecified atom stereocenters. The van der Waals surface area contributed by atoms with Crippen molar-refractivity contribution in [3.63, 3.8) is 0 Å². The highest BCUT2D eigenvalue weighted by Gasteiger charge is 2.44. The van der Waals surface area contributed by atoms with E-state index in [0.717, 1.165) is 18.8 Å². The second-order valence-electron chi connectivity index (χ2n) is 5.40. The average Bonchev–Trinajstić information content (AvgIpc) is 3.16. The largest absolute Gasteiger partial charge is 0.469 e. The molecule has 2 fully saturated rings. The zero-order valence-corrected chi connectivity index (χ0v) is 12.1. The Balaban J connectivity index is 1.56. The number of nitrogens with zero attached hydrogens (tertiary/aromatic N) is 1. The Kier molecular flexibility index (Phi) is 5.33. The number of hydrogen-bond donors (Lipinski definition) is 1. The van der Waals surface area contributed by atoms with Gasteiger partial charge in [-0.2, -0.15) is 11.8 Å². The Labute approximate surface area is 114 Å². The highest BCUT2D eigenvalue weighted by Crippen LogP contribution is 2.51. The summed E-state index contributed by atoms with van der Waals surface area (Å²) in [5, 5.41) is 3.37. The molecule has 5 heteroatoms. The minimum Gasteiger partial charge on any atom is -0.469 e. The summed E-state index contributed by atoms with van der Waals surface area (Å²) in [4.78, 5) is 13.8. The van der Waals surface area contributed by atoms with Crippen LogP contribution in [0, 0.1) is 5.41 Å². The molecule has 2 rings (SSSR count). The normalized spacial score (nSPS) is 22.7. The molecule has 1 N–H and O–H groups in total. The summed E-state index contributed by atoms with van der Waals surface area (Å²) in [6.07, 6.45) is 3.01. The van der Waals surface area contributed by atoms with Crippen molar-refractivity contribution < 1.29 is 9.53 Å². The lowest BCUT2D eigenvalue weighted by molar-refractivity contribution is -0.141. The van der Waals surface area contributed by atoms with E-state index < -0.39 is 0 Å². The molecule has 0 spiro atoms. The SMILES string of the molecule is COC(=O)CC1(CSCCN2CCNCC2)CC1. The summed E-state index contributed by atoms with van der Waals surface area (Å²) in [6.45, 7) is 5.77. The molecule has 0 radical (unpaired) electrons. The van der Waals surface area contributed by atoms with E-state index in [1.807, 2.05) is 11.8 Å². The van der Waals surface area contributed by atoms with Crippen molar-refractivity contribution in [2.45, 2.75) is 19.3 Å². The van der Waals surface area contributed by atoms with Crippen LogP contribution in [0.5, 0.6) is 0 Å². The zero-order valence-electron chi connectivity index (χ0n) is 11.2. The first-order valence-electron chi connectivity index (χ1n) is 6.82. The maximum Gasteiger partial charge on any atom is 0.306 e. The minimum atomic E-state index is -0.0461. The highest BCUT2D eigenvalue weighted by atomic mass is 32.2. The van der Waals surface area contributed by atoms with Crippen LogP contribution in [0.15, 0.2) is 0 Å². The molecule has 2 aliphatic rings. The van der Waals surface area contributed by atoms with Gasteiger partial charge in [0.25, 0.3) is 0 Å². The Morgan fingerprint density at radius 1 is 1.39 bits per heavy atom. The number of hydrogen-bond acceptors (Lipinski definition) is 5. The maximum atomic E-state index is 11.3. The second kappa shape index (κ2) is 6.78. The van der Waals surface area contributed by atoms with E-state index in [1.165, 1.54) is 45.3 Å². The minimum absolute atomic E-state index is 0.0461. The number of esters is 1. The first-order chi connectivity index (χ1) is 8.74. The quantitative estimate of drug-likeness (QED) is 0.552. The van der Waals surface area contributed by atoms with Crippen molar-refractivity contribution in [3.8, 4) is 0 Å². The lowest BCUT2D eigenvalue weighted by Gasteiger charge is -2.27. The predicted octanol–water partition coefficient (Wildman–Crippen LogP) is 0.968. The number of nitrogens with one attached hydrogen (secondary N) is 1. The molecule has 0 atom stereocenters. The third-order valence-electron chi connectivity index (χ3n) is 3.87. The van der Waals surface area contributed by atoms with Gasteiger partial charge < -0.3 is 10.1 Å². The molecule has 1 saturated carbocycles. The number of rotatable bonds is 7. The van der Waals surface area contributed by atoms with Crippen LogP contribution in [0.3, 0.4) is 0 Å². The molecule has 1 saturated heterocycles. The molecule has 0 amide bonds. The fraction of sp³-hybridized carbons (Fsp3) is 0.923. The molecule has 0 aromatic heterocycles. The number of ether oxygens (including phenoxy) is 1. The molecule has 0 aromatic carbocycles. The average molecular weight is 272 g/mol. The van der Waals surface area contributed by atoms with Crippen LogP contribution in [0.4, 0.5) is 0 Å². The number of carbonyl (C=O) groups excluding carboxylic acids is 1. The monoisotopic (exact) mass is 272 g/mol. The second-order valence-corrected chi connectivity index (χ2v) is 6.50. The predicted molar refractivity (Wildman–Crippen MR) is 74.9 cm³/mol. The topological polar surface area (TPSA) is 41.6 Å². The Bertz CT molecular complexity index is 276. The molecule has 18 heavy (non-hydrogen) atoms. The summed E-state index contributed by atoms with van der Waals surface area (Å²) in [6, 6.07) is 0. The lowest BCUT2D eigenvalue weighted by atomic mass is 10.1. The van der Waals surface area contributed by atoms with Crippen molar-refractivity contribution in [2.24, 2.45) is 5.41 Å². The van der Waals surface area contributed by atoms with Crippen LogP contribution in [-0.2, 0) is 9.53 Å². The van der Waals surface area contributed by atoms with E-state index >= 15 is 0 Å². The maximum absolute atomic E-state index is 11.3. The van der Waals surface area contributed by atoms with Crippen molar-refractivity contribution in [3.05, 3.63) is 0 Å². The van der Waals surface area contributed by atoms with Crippen molar-refractivity contribution >= 4 is 17.7 Å². The molecular weight excluding hydrogens is 248 g/mol. The summed E-state index contributed by atoms with van der Waals surface area (Å²) in [5.74, 6) is 2.26. The fourth-order valence-electron chi connectivity index (χ4n) is 2.34. The molecule has 1 aliphatic carbocycles. The van der Waals surface area contributed by atoms with Gasteiger partial charge in [0.05, 0.1) is 13.5 Å². The van der Waals surface area contributed by atoms with Gasteiger partial charge in [-0.15, -0.1) is 0 Å². The first kappa shape index (κ1) is 14.2. The van der Waals surface area contributed by atoms with Crippen molar-refractivity contribution in [1.29, 1.82) is 0 Å². The standard InChI is InChI=1S/C13H24N2O2S/c1-17-12(16)10-13(2-3-13)11-18-9-8-15-6-4-14-5-7-15/h14H,2-11H2,1H3. The number of carbonyl (C=O) groups is 1. The van der Waals surface area contributed by atoms with E-state index in [9.17, 15) is 4.79 Å². The molecule has 1 aliphatic heterocycles. The summed E-state index contributed by atoms with van der Waals surface area (Å²) < 4.78 is 4.76.